The SMILES string of the molecule is Cc1cccc2c1ccc1cc(-c3ccc(N(c4ccc(-c5ccc6sc7ccccc7c6c5)cc4)c4cc(-c5cccc6ccccc56)ccc4-c4ccccc4)cc3)ccc12. The molecular formula is C61H41NS. The van der Waals surface area contributed by atoms with Crippen molar-refractivity contribution in [3.63, 3.8) is 0 Å². The van der Waals surface area contributed by atoms with Crippen molar-refractivity contribution in [2.24, 2.45) is 0 Å². The summed E-state index contributed by atoms with van der Waals surface area (Å²) in [4.78, 5) is 2.44. The third-order valence-corrected chi connectivity index (χ3v) is 14.0. The van der Waals surface area contributed by atoms with E-state index in [2.05, 4.69) is 242 Å². The molecule has 0 bridgehead atoms. The molecule has 0 aliphatic heterocycles. The van der Waals surface area contributed by atoms with Crippen LogP contribution in [0.1, 0.15) is 5.56 Å². The Kier molecular flexibility index (Phi) is 8.98. The Balaban J connectivity index is 1.01. The van der Waals surface area contributed by atoms with Gasteiger partial charge in [0.2, 0.25) is 0 Å². The summed E-state index contributed by atoms with van der Waals surface area (Å²) in [5.74, 6) is 0. The molecule has 1 nitrogen and oxygen atoms in total. The van der Waals surface area contributed by atoms with Crippen molar-refractivity contribution in [1.82, 2.24) is 0 Å². The molecule has 11 aromatic carbocycles. The molecule has 0 spiro atoms. The molecule has 0 N–H and O–H groups in total. The van der Waals surface area contributed by atoms with E-state index < -0.39 is 0 Å². The molecule has 63 heavy (non-hydrogen) atoms. The van der Waals surface area contributed by atoms with Crippen LogP contribution >= 0.6 is 11.3 Å². The van der Waals surface area contributed by atoms with Crippen LogP contribution in [-0.4, -0.2) is 0 Å². The van der Waals surface area contributed by atoms with E-state index in [0.717, 1.165) is 17.1 Å². The number of benzene rings is 11. The van der Waals surface area contributed by atoms with Crippen molar-refractivity contribution in [1.29, 1.82) is 0 Å². The fourth-order valence-electron chi connectivity index (χ4n) is 9.60. The maximum atomic E-state index is 2.44. The molecule has 0 saturated carbocycles. The summed E-state index contributed by atoms with van der Waals surface area (Å²) < 4.78 is 2.64. The number of aryl methyl sites for hydroxylation is 1. The lowest BCUT2D eigenvalue weighted by Crippen LogP contribution is -2.11. The predicted octanol–water partition coefficient (Wildman–Crippen LogP) is 18.0. The van der Waals surface area contributed by atoms with E-state index in [1.54, 1.807) is 0 Å². The van der Waals surface area contributed by atoms with Gasteiger partial charge in [-0.3, -0.25) is 0 Å². The van der Waals surface area contributed by atoms with Gasteiger partial charge < -0.3 is 4.90 Å². The fraction of sp³-hybridized carbons (Fsp3) is 0.0164. The second-order valence-corrected chi connectivity index (χ2v) is 17.6. The highest BCUT2D eigenvalue weighted by Gasteiger charge is 2.20. The number of fused-ring (bicyclic) bond motifs is 7. The van der Waals surface area contributed by atoms with Gasteiger partial charge in [0.05, 0.1) is 5.69 Å². The standard InChI is InChI=1S/C61H41NS/c1-40-11-9-19-56-51(40)33-26-47-37-45(25-34-54(47)56)41-21-29-49(30-22-41)62(50-31-23-42(24-32-50)46-28-36-61-58(38-46)57-17-7-8-20-60(57)63-61)59-39-48(27-35-55(59)44-12-3-2-4-13-44)53-18-10-15-43-14-5-6-16-52(43)53/h2-39H,1H3. The minimum atomic E-state index is 1.09. The van der Waals surface area contributed by atoms with E-state index in [-0.39, 0.29) is 0 Å². The van der Waals surface area contributed by atoms with Gasteiger partial charge in [0.1, 0.15) is 0 Å². The molecule has 0 fully saturated rings. The third kappa shape index (κ3) is 6.55. The quantitative estimate of drug-likeness (QED) is 0.145. The number of hydrogen-bond donors (Lipinski definition) is 0. The Morgan fingerprint density at radius 1 is 0.302 bits per heavy atom. The van der Waals surface area contributed by atoms with Crippen molar-refractivity contribution in [3.8, 4) is 44.5 Å². The molecule has 12 rings (SSSR count). The zero-order chi connectivity index (χ0) is 41.9. The molecule has 1 aromatic heterocycles. The van der Waals surface area contributed by atoms with E-state index in [1.807, 2.05) is 11.3 Å². The minimum Gasteiger partial charge on any atom is -0.310 e. The first-order chi connectivity index (χ1) is 31.1. The number of nitrogens with zero attached hydrogens (tertiary/aromatic N) is 1. The summed E-state index contributed by atoms with van der Waals surface area (Å²) in [5, 5.41) is 10.3. The Bertz CT molecular complexity index is 3670. The third-order valence-electron chi connectivity index (χ3n) is 12.8. The average molecular weight is 820 g/mol. The van der Waals surface area contributed by atoms with Gasteiger partial charge in [0.15, 0.2) is 0 Å². The number of thiophene rings is 1. The Morgan fingerprint density at radius 2 is 0.905 bits per heavy atom. The molecular weight excluding hydrogens is 779 g/mol. The van der Waals surface area contributed by atoms with Gasteiger partial charge in [-0.25, -0.2) is 0 Å². The van der Waals surface area contributed by atoms with Gasteiger partial charge in [-0.05, 0) is 138 Å². The Morgan fingerprint density at radius 3 is 1.71 bits per heavy atom. The second-order valence-electron chi connectivity index (χ2n) is 16.5. The summed E-state index contributed by atoms with van der Waals surface area (Å²) in [6, 6.07) is 85.0. The van der Waals surface area contributed by atoms with Crippen LogP contribution in [0.2, 0.25) is 0 Å². The lowest BCUT2D eigenvalue weighted by molar-refractivity contribution is 1.28. The van der Waals surface area contributed by atoms with Crippen molar-refractivity contribution < 1.29 is 0 Å². The molecule has 0 amide bonds. The number of anilines is 3. The van der Waals surface area contributed by atoms with Gasteiger partial charge in [-0.15, -0.1) is 11.3 Å². The van der Waals surface area contributed by atoms with Crippen LogP contribution in [0.5, 0.6) is 0 Å². The molecule has 0 atom stereocenters. The maximum absolute atomic E-state index is 2.44. The summed E-state index contributed by atoms with van der Waals surface area (Å²) in [6.45, 7) is 2.19. The van der Waals surface area contributed by atoms with Crippen LogP contribution in [0.15, 0.2) is 231 Å². The van der Waals surface area contributed by atoms with Gasteiger partial charge in [-0.1, -0.05) is 176 Å². The molecule has 12 aromatic rings. The van der Waals surface area contributed by atoms with Gasteiger partial charge >= 0.3 is 0 Å². The van der Waals surface area contributed by atoms with E-state index in [9.17, 15) is 0 Å². The monoisotopic (exact) mass is 819 g/mol. The second kappa shape index (κ2) is 15.3. The smallest absolute Gasteiger partial charge is 0.0546 e. The van der Waals surface area contributed by atoms with E-state index in [4.69, 9.17) is 0 Å². The predicted molar refractivity (Wildman–Crippen MR) is 273 cm³/mol. The maximum Gasteiger partial charge on any atom is 0.0546 e. The summed E-state index contributed by atoms with van der Waals surface area (Å²) in [6.07, 6.45) is 0. The summed E-state index contributed by atoms with van der Waals surface area (Å²) in [5.41, 5.74) is 14.1. The lowest BCUT2D eigenvalue weighted by atomic mass is 9.93. The molecule has 0 aliphatic rings. The first-order valence-electron chi connectivity index (χ1n) is 21.7. The lowest BCUT2D eigenvalue weighted by Gasteiger charge is -2.29. The normalized spacial score (nSPS) is 11.6. The molecule has 296 valence electrons. The largest absolute Gasteiger partial charge is 0.310 e. The van der Waals surface area contributed by atoms with Gasteiger partial charge in [0.25, 0.3) is 0 Å². The number of hydrogen-bond acceptors (Lipinski definition) is 2. The molecule has 1 heterocycles. The van der Waals surface area contributed by atoms with E-state index in [0.29, 0.717) is 0 Å². The van der Waals surface area contributed by atoms with Crippen LogP contribution in [0.25, 0.3) is 97.0 Å². The first-order valence-corrected chi connectivity index (χ1v) is 22.5. The van der Waals surface area contributed by atoms with Crippen LogP contribution in [0.3, 0.4) is 0 Å². The highest BCUT2D eigenvalue weighted by atomic mass is 32.1. The van der Waals surface area contributed by atoms with Gasteiger partial charge in [0, 0.05) is 37.1 Å². The van der Waals surface area contributed by atoms with Crippen LogP contribution in [-0.2, 0) is 0 Å². The minimum absolute atomic E-state index is 1.09. The molecule has 0 saturated heterocycles. The fourth-order valence-corrected chi connectivity index (χ4v) is 10.7. The van der Waals surface area contributed by atoms with Crippen LogP contribution in [0.4, 0.5) is 17.1 Å². The van der Waals surface area contributed by atoms with Crippen molar-refractivity contribution in [3.05, 3.63) is 236 Å². The first kappa shape index (κ1) is 37.0. The Labute approximate surface area is 371 Å². The Hall–Kier alpha value is -7.78. The molecule has 0 radical (unpaired) electrons. The molecule has 2 heteroatoms. The molecule has 0 unspecified atom stereocenters. The number of rotatable bonds is 7. The highest BCUT2D eigenvalue weighted by molar-refractivity contribution is 7.25. The average Bonchev–Trinajstić information content (AvgIpc) is 3.72. The summed E-state index contributed by atoms with van der Waals surface area (Å²) in [7, 11) is 0. The summed E-state index contributed by atoms with van der Waals surface area (Å²) >= 11 is 1.86. The topological polar surface area (TPSA) is 3.24 Å². The zero-order valence-corrected chi connectivity index (χ0v) is 35.6. The van der Waals surface area contributed by atoms with E-state index in [1.165, 1.54) is 103 Å². The van der Waals surface area contributed by atoms with E-state index >= 15 is 0 Å². The van der Waals surface area contributed by atoms with Gasteiger partial charge in [-0.2, -0.15) is 0 Å². The van der Waals surface area contributed by atoms with Crippen molar-refractivity contribution >= 4 is 80.9 Å². The molecule has 0 aliphatic carbocycles. The zero-order valence-electron chi connectivity index (χ0n) is 34.8. The van der Waals surface area contributed by atoms with Crippen molar-refractivity contribution in [2.45, 2.75) is 6.92 Å². The van der Waals surface area contributed by atoms with Crippen LogP contribution in [0, 0.1) is 6.92 Å². The van der Waals surface area contributed by atoms with Crippen LogP contribution < -0.4 is 4.90 Å². The van der Waals surface area contributed by atoms with Crippen molar-refractivity contribution in [2.75, 3.05) is 4.90 Å². The highest BCUT2D eigenvalue weighted by Crippen LogP contribution is 2.45.